The zero-order valence-electron chi connectivity index (χ0n) is 7.37. The Hall–Kier alpha value is -2.11. The second-order valence-electron chi connectivity index (χ2n) is 2.89. The largest absolute Gasteiger partial charge is 0.505 e. The third kappa shape index (κ3) is 1.50. The van der Waals surface area contributed by atoms with Crippen LogP contribution in [0.3, 0.4) is 0 Å². The average Bonchev–Trinajstić information content (AvgIpc) is 2.58. The first-order valence-corrected chi connectivity index (χ1v) is 3.98. The zero-order chi connectivity index (χ0) is 11.0. The topological polar surface area (TPSA) is 72.3 Å². The standard InChI is InChI=1S/C9H6F2N2O2/c10-6-2-7(11)8(14)1-4(6)5-3-13-15-9(5)12/h1-3,14H,12H2. The predicted octanol–water partition coefficient (Wildman–Crippen LogP) is 1.91. The summed E-state index contributed by atoms with van der Waals surface area (Å²) >= 11 is 0. The van der Waals surface area contributed by atoms with Gasteiger partial charge in [-0.15, -0.1) is 0 Å². The minimum Gasteiger partial charge on any atom is -0.505 e. The summed E-state index contributed by atoms with van der Waals surface area (Å²) in [6, 6.07) is 1.49. The molecule has 2 aromatic rings. The molecule has 0 aliphatic carbocycles. The molecule has 1 aromatic heterocycles. The number of benzene rings is 1. The highest BCUT2D eigenvalue weighted by Gasteiger charge is 2.15. The van der Waals surface area contributed by atoms with E-state index in [1.54, 1.807) is 0 Å². The summed E-state index contributed by atoms with van der Waals surface area (Å²) in [4.78, 5) is 0. The van der Waals surface area contributed by atoms with Crippen LogP contribution in [0.25, 0.3) is 11.1 Å². The molecule has 3 N–H and O–H groups in total. The van der Waals surface area contributed by atoms with Crippen molar-refractivity contribution in [3.63, 3.8) is 0 Å². The van der Waals surface area contributed by atoms with Crippen LogP contribution in [0.15, 0.2) is 22.9 Å². The van der Waals surface area contributed by atoms with Crippen molar-refractivity contribution in [2.75, 3.05) is 5.73 Å². The summed E-state index contributed by atoms with van der Waals surface area (Å²) in [6.45, 7) is 0. The Bertz CT molecular complexity index is 511. The molecule has 2 rings (SSSR count). The Morgan fingerprint density at radius 2 is 1.93 bits per heavy atom. The van der Waals surface area contributed by atoms with E-state index in [2.05, 4.69) is 9.68 Å². The number of phenolic OH excluding ortho intramolecular Hbond substituents is 1. The molecule has 0 spiro atoms. The lowest BCUT2D eigenvalue weighted by molar-refractivity contribution is 0.428. The number of aromatic nitrogens is 1. The van der Waals surface area contributed by atoms with Crippen LogP contribution >= 0.6 is 0 Å². The first kappa shape index (κ1) is 9.45. The molecule has 4 nitrogen and oxygen atoms in total. The number of halogens is 2. The molecule has 0 saturated heterocycles. The van der Waals surface area contributed by atoms with E-state index in [-0.39, 0.29) is 17.0 Å². The van der Waals surface area contributed by atoms with Crippen LogP contribution in [0.1, 0.15) is 0 Å². The second-order valence-corrected chi connectivity index (χ2v) is 2.89. The molecule has 1 heterocycles. The van der Waals surface area contributed by atoms with Crippen LogP contribution in [-0.2, 0) is 0 Å². The van der Waals surface area contributed by atoms with Crippen molar-refractivity contribution in [2.24, 2.45) is 0 Å². The van der Waals surface area contributed by atoms with E-state index in [0.29, 0.717) is 6.07 Å². The Morgan fingerprint density at radius 1 is 1.20 bits per heavy atom. The zero-order valence-corrected chi connectivity index (χ0v) is 7.37. The van der Waals surface area contributed by atoms with Gasteiger partial charge in [-0.25, -0.2) is 8.78 Å². The van der Waals surface area contributed by atoms with Crippen LogP contribution in [-0.4, -0.2) is 10.3 Å². The Labute approximate surface area is 82.9 Å². The van der Waals surface area contributed by atoms with E-state index in [0.717, 1.165) is 6.07 Å². The quantitative estimate of drug-likeness (QED) is 0.757. The van der Waals surface area contributed by atoms with Crippen molar-refractivity contribution < 1.29 is 18.4 Å². The lowest BCUT2D eigenvalue weighted by atomic mass is 10.1. The molecule has 0 unspecified atom stereocenters. The highest BCUT2D eigenvalue weighted by atomic mass is 19.1. The molecule has 78 valence electrons. The monoisotopic (exact) mass is 212 g/mol. The van der Waals surface area contributed by atoms with Crippen molar-refractivity contribution in [1.29, 1.82) is 0 Å². The summed E-state index contributed by atoms with van der Waals surface area (Å²) in [5, 5.41) is 12.4. The summed E-state index contributed by atoms with van der Waals surface area (Å²) in [5.41, 5.74) is 5.47. The van der Waals surface area contributed by atoms with Gasteiger partial charge >= 0.3 is 0 Å². The molecule has 0 bridgehead atoms. The van der Waals surface area contributed by atoms with E-state index >= 15 is 0 Å². The predicted molar refractivity (Wildman–Crippen MR) is 47.9 cm³/mol. The number of nitrogens with two attached hydrogens (primary N) is 1. The summed E-state index contributed by atoms with van der Waals surface area (Å²) in [5.74, 6) is -2.64. The molecular weight excluding hydrogens is 206 g/mol. The van der Waals surface area contributed by atoms with Gasteiger partial charge in [0, 0.05) is 11.6 Å². The average molecular weight is 212 g/mol. The van der Waals surface area contributed by atoms with Crippen molar-refractivity contribution in [3.05, 3.63) is 30.0 Å². The first-order valence-electron chi connectivity index (χ1n) is 3.98. The maximum Gasteiger partial charge on any atom is 0.230 e. The summed E-state index contributed by atoms with van der Waals surface area (Å²) < 4.78 is 30.6. The molecule has 0 aliphatic heterocycles. The fraction of sp³-hybridized carbons (Fsp3) is 0. The molecule has 0 aliphatic rings. The van der Waals surface area contributed by atoms with Crippen molar-refractivity contribution in [3.8, 4) is 16.9 Å². The summed E-state index contributed by atoms with van der Waals surface area (Å²) in [6.07, 6.45) is 1.19. The van der Waals surface area contributed by atoms with E-state index in [4.69, 9.17) is 10.8 Å². The number of anilines is 1. The number of rotatable bonds is 1. The van der Waals surface area contributed by atoms with Crippen LogP contribution in [0.2, 0.25) is 0 Å². The number of aromatic hydroxyl groups is 1. The van der Waals surface area contributed by atoms with E-state index in [9.17, 15) is 8.78 Å². The van der Waals surface area contributed by atoms with Gasteiger partial charge in [0.05, 0.1) is 11.8 Å². The van der Waals surface area contributed by atoms with Crippen LogP contribution < -0.4 is 5.73 Å². The molecule has 0 atom stereocenters. The third-order valence-electron chi connectivity index (χ3n) is 1.92. The lowest BCUT2D eigenvalue weighted by Gasteiger charge is -2.02. The fourth-order valence-corrected chi connectivity index (χ4v) is 1.19. The molecule has 15 heavy (non-hydrogen) atoms. The number of hydrogen-bond acceptors (Lipinski definition) is 4. The number of hydrogen-bond donors (Lipinski definition) is 2. The summed E-state index contributed by atoms with van der Waals surface area (Å²) in [7, 11) is 0. The van der Waals surface area contributed by atoms with Gasteiger partial charge in [0.25, 0.3) is 0 Å². The van der Waals surface area contributed by atoms with E-state index in [1.165, 1.54) is 6.20 Å². The van der Waals surface area contributed by atoms with Gasteiger partial charge in [0.2, 0.25) is 5.88 Å². The number of nitrogens with zero attached hydrogens (tertiary/aromatic N) is 1. The molecule has 1 aromatic carbocycles. The minimum atomic E-state index is -1.04. The highest BCUT2D eigenvalue weighted by molar-refractivity contribution is 5.73. The highest BCUT2D eigenvalue weighted by Crippen LogP contribution is 2.31. The Balaban J connectivity index is 2.64. The third-order valence-corrected chi connectivity index (χ3v) is 1.92. The number of nitrogen functional groups attached to an aromatic ring is 1. The van der Waals surface area contributed by atoms with Crippen molar-refractivity contribution in [1.82, 2.24) is 5.16 Å². The van der Waals surface area contributed by atoms with Crippen LogP contribution in [0.4, 0.5) is 14.7 Å². The lowest BCUT2D eigenvalue weighted by Crippen LogP contribution is -1.90. The normalized spacial score (nSPS) is 10.5. The van der Waals surface area contributed by atoms with Crippen molar-refractivity contribution in [2.45, 2.75) is 0 Å². The molecule has 0 amide bonds. The molecule has 0 fully saturated rings. The molecule has 6 heteroatoms. The van der Waals surface area contributed by atoms with Gasteiger partial charge in [-0.2, -0.15) is 0 Å². The first-order chi connectivity index (χ1) is 7.09. The van der Waals surface area contributed by atoms with Gasteiger partial charge < -0.3 is 15.4 Å². The maximum atomic E-state index is 13.3. The Kier molecular flexibility index (Phi) is 2.03. The smallest absolute Gasteiger partial charge is 0.230 e. The van der Waals surface area contributed by atoms with Gasteiger partial charge in [-0.3, -0.25) is 0 Å². The van der Waals surface area contributed by atoms with Gasteiger partial charge in [-0.05, 0) is 6.07 Å². The van der Waals surface area contributed by atoms with Gasteiger partial charge in [-0.1, -0.05) is 5.16 Å². The molecular formula is C9H6F2N2O2. The Morgan fingerprint density at radius 3 is 2.53 bits per heavy atom. The van der Waals surface area contributed by atoms with E-state index < -0.39 is 17.4 Å². The minimum absolute atomic E-state index is 0.0624. The fourth-order valence-electron chi connectivity index (χ4n) is 1.19. The maximum absolute atomic E-state index is 13.3. The van der Waals surface area contributed by atoms with Crippen LogP contribution in [0, 0.1) is 11.6 Å². The second kappa shape index (κ2) is 3.23. The molecule has 0 radical (unpaired) electrons. The van der Waals surface area contributed by atoms with Gasteiger partial charge in [0.1, 0.15) is 5.82 Å². The SMILES string of the molecule is Nc1oncc1-c1cc(O)c(F)cc1F. The van der Waals surface area contributed by atoms with Crippen molar-refractivity contribution >= 4 is 5.88 Å². The molecule has 0 saturated carbocycles. The van der Waals surface area contributed by atoms with E-state index in [1.807, 2.05) is 0 Å². The van der Waals surface area contributed by atoms with Gasteiger partial charge in [0.15, 0.2) is 11.6 Å². The number of phenols is 1. The van der Waals surface area contributed by atoms with Crippen LogP contribution in [0.5, 0.6) is 5.75 Å².